The highest BCUT2D eigenvalue weighted by Crippen LogP contribution is 2.22. The molecular formula is C16H26N2O. The summed E-state index contributed by atoms with van der Waals surface area (Å²) in [5, 5.41) is 3.46. The van der Waals surface area contributed by atoms with Crippen LogP contribution in [0.25, 0.3) is 0 Å². The fraction of sp³-hybridized carbons (Fsp3) is 0.562. The number of hydrogen-bond donors (Lipinski definition) is 1. The Kier molecular flexibility index (Phi) is 6.03. The van der Waals surface area contributed by atoms with E-state index in [0.29, 0.717) is 5.92 Å². The molecule has 2 atom stereocenters. The first kappa shape index (κ1) is 15.7. The number of likely N-dealkylation sites (N-methyl/N-ethyl adjacent to an activating group) is 1. The zero-order valence-electron chi connectivity index (χ0n) is 12.7. The molecule has 0 spiro atoms. The second-order valence-electron chi connectivity index (χ2n) is 5.37. The highest BCUT2D eigenvalue weighted by molar-refractivity contribution is 5.81. The molecule has 1 aromatic carbocycles. The Morgan fingerprint density at radius 1 is 1.21 bits per heavy atom. The lowest BCUT2D eigenvalue weighted by atomic mass is 9.95. The number of nitrogens with zero attached hydrogens (tertiary/aromatic N) is 1. The molecule has 0 aliphatic heterocycles. The van der Waals surface area contributed by atoms with E-state index in [4.69, 9.17) is 0 Å². The molecule has 0 aliphatic carbocycles. The molecule has 1 N–H and O–H groups in total. The molecule has 0 saturated carbocycles. The largest absolute Gasteiger partial charge is 0.345 e. The van der Waals surface area contributed by atoms with Crippen molar-refractivity contribution in [3.05, 3.63) is 35.9 Å². The molecule has 0 saturated heterocycles. The highest BCUT2D eigenvalue weighted by atomic mass is 16.2. The number of hydrogen-bond acceptors (Lipinski definition) is 2. The number of amides is 1. The average molecular weight is 262 g/mol. The molecule has 0 bridgehead atoms. The van der Waals surface area contributed by atoms with Gasteiger partial charge >= 0.3 is 0 Å². The molecule has 106 valence electrons. The van der Waals surface area contributed by atoms with Gasteiger partial charge in [0.1, 0.15) is 0 Å². The van der Waals surface area contributed by atoms with Crippen molar-refractivity contribution in [3.63, 3.8) is 0 Å². The maximum absolute atomic E-state index is 12.1. The lowest BCUT2D eigenvalue weighted by molar-refractivity contribution is -0.131. The van der Waals surface area contributed by atoms with Gasteiger partial charge in [-0.3, -0.25) is 10.1 Å². The lowest BCUT2D eigenvalue weighted by Gasteiger charge is -2.28. The van der Waals surface area contributed by atoms with E-state index in [1.54, 1.807) is 4.90 Å². The van der Waals surface area contributed by atoms with E-state index in [1.807, 2.05) is 39.1 Å². The van der Waals surface area contributed by atoms with Gasteiger partial charge in [-0.05, 0) is 25.3 Å². The number of carbonyl (C=O) groups excluding carboxylic acids is 1. The van der Waals surface area contributed by atoms with Crippen LogP contribution in [-0.4, -0.2) is 30.4 Å². The smallest absolute Gasteiger partial charge is 0.239 e. The summed E-state index contributed by atoms with van der Waals surface area (Å²) in [4.78, 5) is 13.9. The van der Waals surface area contributed by atoms with Gasteiger partial charge < -0.3 is 4.90 Å². The maximum Gasteiger partial charge on any atom is 0.239 e. The molecular weight excluding hydrogens is 236 g/mol. The molecule has 0 aliphatic rings. The number of benzene rings is 1. The predicted molar refractivity (Wildman–Crippen MR) is 79.9 cm³/mol. The van der Waals surface area contributed by atoms with Crippen molar-refractivity contribution in [1.29, 1.82) is 0 Å². The Labute approximate surface area is 117 Å². The Hall–Kier alpha value is -1.35. The lowest BCUT2D eigenvalue weighted by Crippen LogP contribution is -2.45. The highest BCUT2D eigenvalue weighted by Gasteiger charge is 2.22. The normalized spacial score (nSPS) is 14.2. The van der Waals surface area contributed by atoms with Crippen LogP contribution >= 0.6 is 0 Å². The fourth-order valence-corrected chi connectivity index (χ4v) is 2.16. The van der Waals surface area contributed by atoms with Crippen LogP contribution in [0, 0.1) is 5.92 Å². The second-order valence-corrected chi connectivity index (χ2v) is 5.37. The predicted octanol–water partition coefficient (Wildman–Crippen LogP) is 2.84. The van der Waals surface area contributed by atoms with Crippen molar-refractivity contribution in [3.8, 4) is 0 Å². The van der Waals surface area contributed by atoms with E-state index in [2.05, 4.69) is 31.3 Å². The van der Waals surface area contributed by atoms with Crippen LogP contribution in [-0.2, 0) is 4.79 Å². The molecule has 2 unspecified atom stereocenters. The molecule has 3 nitrogen and oxygen atoms in total. The first-order valence-corrected chi connectivity index (χ1v) is 7.03. The molecule has 0 radical (unpaired) electrons. The van der Waals surface area contributed by atoms with Gasteiger partial charge in [0, 0.05) is 19.6 Å². The minimum Gasteiger partial charge on any atom is -0.345 e. The Morgan fingerprint density at radius 2 is 1.79 bits per heavy atom. The van der Waals surface area contributed by atoms with Gasteiger partial charge in [0.25, 0.3) is 0 Å². The van der Waals surface area contributed by atoms with Crippen molar-refractivity contribution >= 4 is 5.91 Å². The molecule has 19 heavy (non-hydrogen) atoms. The maximum atomic E-state index is 12.1. The molecule has 0 fully saturated rings. The van der Waals surface area contributed by atoms with Crippen LogP contribution in [0.3, 0.4) is 0 Å². The summed E-state index contributed by atoms with van der Waals surface area (Å²) in [6, 6.07) is 10.3. The third-order valence-electron chi connectivity index (χ3n) is 3.48. The van der Waals surface area contributed by atoms with Crippen molar-refractivity contribution in [1.82, 2.24) is 10.2 Å². The van der Waals surface area contributed by atoms with Crippen LogP contribution in [0.2, 0.25) is 0 Å². The Morgan fingerprint density at radius 3 is 2.26 bits per heavy atom. The number of nitrogens with one attached hydrogen (secondary N) is 1. The first-order valence-electron chi connectivity index (χ1n) is 7.03. The average Bonchev–Trinajstić information content (AvgIpc) is 2.43. The molecule has 1 amide bonds. The molecule has 0 heterocycles. The van der Waals surface area contributed by atoms with E-state index in [9.17, 15) is 4.79 Å². The monoisotopic (exact) mass is 262 g/mol. The second kappa shape index (κ2) is 7.29. The van der Waals surface area contributed by atoms with E-state index >= 15 is 0 Å². The quantitative estimate of drug-likeness (QED) is 0.855. The third kappa shape index (κ3) is 4.35. The van der Waals surface area contributed by atoms with Gasteiger partial charge in [-0.15, -0.1) is 0 Å². The summed E-state index contributed by atoms with van der Waals surface area (Å²) in [5.41, 5.74) is 1.23. The summed E-state index contributed by atoms with van der Waals surface area (Å²) in [6.07, 6.45) is 0. The standard InChI is InChI=1S/C16H26N2O/c1-6-18(5)16(19)13(4)17-15(12(2)3)14-10-8-7-9-11-14/h7-13,15,17H,6H2,1-5H3. The Balaban J connectivity index is 2.78. The van der Waals surface area contributed by atoms with E-state index in [-0.39, 0.29) is 18.0 Å². The van der Waals surface area contributed by atoms with Crippen molar-refractivity contribution in [2.75, 3.05) is 13.6 Å². The molecule has 3 heteroatoms. The van der Waals surface area contributed by atoms with E-state index < -0.39 is 0 Å². The molecule has 1 aromatic rings. The van der Waals surface area contributed by atoms with Crippen molar-refractivity contribution < 1.29 is 4.79 Å². The van der Waals surface area contributed by atoms with Crippen LogP contribution < -0.4 is 5.32 Å². The van der Waals surface area contributed by atoms with Gasteiger partial charge in [0.15, 0.2) is 0 Å². The first-order chi connectivity index (χ1) is 8.97. The van der Waals surface area contributed by atoms with Gasteiger partial charge in [-0.1, -0.05) is 44.2 Å². The SMILES string of the molecule is CCN(C)C(=O)C(C)NC(c1ccccc1)C(C)C. The van der Waals surface area contributed by atoms with Crippen LogP contribution in [0.15, 0.2) is 30.3 Å². The Bertz CT molecular complexity index is 389. The minimum atomic E-state index is -0.169. The molecule has 0 aromatic heterocycles. The van der Waals surface area contributed by atoms with Crippen molar-refractivity contribution in [2.45, 2.75) is 39.8 Å². The summed E-state index contributed by atoms with van der Waals surface area (Å²) in [5.74, 6) is 0.577. The van der Waals surface area contributed by atoms with Crippen LogP contribution in [0.5, 0.6) is 0 Å². The zero-order valence-corrected chi connectivity index (χ0v) is 12.7. The topological polar surface area (TPSA) is 32.3 Å². The van der Waals surface area contributed by atoms with E-state index in [1.165, 1.54) is 5.56 Å². The number of rotatable bonds is 6. The summed E-state index contributed by atoms with van der Waals surface area (Å²) in [7, 11) is 1.84. The molecule has 1 rings (SSSR count). The summed E-state index contributed by atoms with van der Waals surface area (Å²) >= 11 is 0. The van der Waals surface area contributed by atoms with E-state index in [0.717, 1.165) is 6.54 Å². The van der Waals surface area contributed by atoms with Gasteiger partial charge in [0.2, 0.25) is 5.91 Å². The zero-order chi connectivity index (χ0) is 14.4. The van der Waals surface area contributed by atoms with Crippen molar-refractivity contribution in [2.24, 2.45) is 5.92 Å². The van der Waals surface area contributed by atoms with Gasteiger partial charge in [-0.25, -0.2) is 0 Å². The number of carbonyl (C=O) groups is 1. The van der Waals surface area contributed by atoms with Gasteiger partial charge in [-0.2, -0.15) is 0 Å². The summed E-state index contributed by atoms with van der Waals surface area (Å²) in [6.45, 7) is 9.01. The third-order valence-corrected chi connectivity index (χ3v) is 3.48. The van der Waals surface area contributed by atoms with Gasteiger partial charge in [0.05, 0.1) is 6.04 Å². The fourth-order valence-electron chi connectivity index (χ4n) is 2.16. The summed E-state index contributed by atoms with van der Waals surface area (Å²) < 4.78 is 0. The van der Waals surface area contributed by atoms with Crippen LogP contribution in [0.4, 0.5) is 0 Å². The minimum absolute atomic E-state index is 0.143. The van der Waals surface area contributed by atoms with Crippen LogP contribution in [0.1, 0.15) is 39.3 Å².